The van der Waals surface area contributed by atoms with Crippen LogP contribution in [0.3, 0.4) is 0 Å². The van der Waals surface area contributed by atoms with E-state index in [1.807, 2.05) is 36.4 Å². The average molecular weight is 383 g/mol. The van der Waals surface area contributed by atoms with Crippen molar-refractivity contribution in [2.75, 3.05) is 20.1 Å². The molecule has 146 valence electrons. The van der Waals surface area contributed by atoms with E-state index in [-0.39, 0.29) is 5.78 Å². The highest BCUT2D eigenvalue weighted by Gasteiger charge is 2.23. The predicted molar refractivity (Wildman–Crippen MR) is 120 cm³/mol. The third-order valence-corrected chi connectivity index (χ3v) is 6.26. The molecule has 0 amide bonds. The Morgan fingerprint density at radius 2 is 1.62 bits per heavy atom. The predicted octanol–water partition coefficient (Wildman–Crippen LogP) is 5.68. The zero-order chi connectivity index (χ0) is 19.8. The van der Waals surface area contributed by atoms with Crippen LogP contribution in [0, 0.1) is 0 Å². The van der Waals surface area contributed by atoms with Crippen molar-refractivity contribution < 1.29 is 4.79 Å². The lowest BCUT2D eigenvalue weighted by Crippen LogP contribution is -2.25. The van der Waals surface area contributed by atoms with Gasteiger partial charge in [0.15, 0.2) is 5.78 Å². The van der Waals surface area contributed by atoms with E-state index >= 15 is 0 Å². The lowest BCUT2D eigenvalue weighted by molar-refractivity contribution is 0.104. The van der Waals surface area contributed by atoms with Crippen LogP contribution in [0.1, 0.15) is 41.2 Å². The summed E-state index contributed by atoms with van der Waals surface area (Å²) in [5.74, 6) is 0.110. The van der Waals surface area contributed by atoms with Gasteiger partial charge in [0.1, 0.15) is 0 Å². The van der Waals surface area contributed by atoms with E-state index in [9.17, 15) is 4.79 Å². The monoisotopic (exact) mass is 382 g/mol. The number of likely N-dealkylation sites (N-methyl/N-ethyl adjacent to an activating group) is 1. The van der Waals surface area contributed by atoms with Gasteiger partial charge in [0, 0.05) is 40.8 Å². The number of ketones is 1. The Balaban J connectivity index is 1.65. The number of likely N-dealkylation sites (tertiary alicyclic amines) is 1. The molecule has 29 heavy (non-hydrogen) atoms. The van der Waals surface area contributed by atoms with Crippen LogP contribution in [0.15, 0.2) is 72.9 Å². The maximum atomic E-state index is 13.7. The second kappa shape index (κ2) is 7.49. The zero-order valence-electron chi connectivity index (χ0n) is 16.8. The first-order valence-electron chi connectivity index (χ1n) is 10.5. The van der Waals surface area contributed by atoms with Crippen molar-refractivity contribution in [1.29, 1.82) is 0 Å². The summed E-state index contributed by atoms with van der Waals surface area (Å²) in [7, 11) is 2.20. The van der Waals surface area contributed by atoms with E-state index in [1.165, 1.54) is 12.8 Å². The molecule has 3 heteroatoms. The number of rotatable bonds is 3. The van der Waals surface area contributed by atoms with Crippen LogP contribution in [-0.4, -0.2) is 35.4 Å². The molecule has 1 aliphatic rings. The van der Waals surface area contributed by atoms with E-state index in [4.69, 9.17) is 0 Å². The molecule has 0 bridgehead atoms. The summed E-state index contributed by atoms with van der Waals surface area (Å²) in [4.78, 5) is 16.1. The van der Waals surface area contributed by atoms with Crippen molar-refractivity contribution in [3.05, 3.63) is 84.1 Å². The summed E-state index contributed by atoms with van der Waals surface area (Å²) in [6, 6.07) is 22.9. The van der Waals surface area contributed by atoms with Crippen LogP contribution in [-0.2, 0) is 0 Å². The van der Waals surface area contributed by atoms with E-state index in [1.54, 1.807) is 0 Å². The number of benzene rings is 3. The topological polar surface area (TPSA) is 25.2 Å². The van der Waals surface area contributed by atoms with Gasteiger partial charge in [0.25, 0.3) is 0 Å². The Morgan fingerprint density at radius 1 is 0.862 bits per heavy atom. The Morgan fingerprint density at radius 3 is 2.52 bits per heavy atom. The third kappa shape index (κ3) is 3.26. The summed E-state index contributed by atoms with van der Waals surface area (Å²) in [6.07, 6.45) is 5.74. The first-order valence-corrected chi connectivity index (χ1v) is 10.5. The van der Waals surface area contributed by atoms with Gasteiger partial charge >= 0.3 is 0 Å². The number of carbonyl (C=O) groups excluding carboxylic acids is 1. The van der Waals surface area contributed by atoms with Gasteiger partial charge in [0.05, 0.1) is 0 Å². The molecule has 5 rings (SSSR count). The molecular formula is C26H26N2O. The summed E-state index contributed by atoms with van der Waals surface area (Å²) >= 11 is 0. The van der Waals surface area contributed by atoms with E-state index in [2.05, 4.69) is 53.0 Å². The van der Waals surface area contributed by atoms with Crippen LogP contribution in [0.4, 0.5) is 0 Å². The van der Waals surface area contributed by atoms with Gasteiger partial charge in [-0.3, -0.25) is 4.79 Å². The fourth-order valence-electron chi connectivity index (χ4n) is 4.79. The maximum Gasteiger partial charge on any atom is 0.195 e. The number of para-hydroxylation sites is 1. The number of hydrogen-bond acceptors (Lipinski definition) is 2. The molecule has 2 heterocycles. The number of carbonyl (C=O) groups is 1. The number of aromatic nitrogens is 1. The maximum absolute atomic E-state index is 13.7. The molecular weight excluding hydrogens is 356 g/mol. The minimum Gasteiger partial charge on any atom is -0.342 e. The Kier molecular flexibility index (Phi) is 4.69. The minimum absolute atomic E-state index is 0.110. The van der Waals surface area contributed by atoms with Gasteiger partial charge < -0.3 is 9.47 Å². The van der Waals surface area contributed by atoms with Crippen molar-refractivity contribution in [2.45, 2.75) is 25.3 Å². The van der Waals surface area contributed by atoms with Crippen LogP contribution in [0.5, 0.6) is 0 Å². The number of nitrogens with zero attached hydrogens (tertiary/aromatic N) is 2. The summed E-state index contributed by atoms with van der Waals surface area (Å²) in [6.45, 7) is 2.18. The second-order valence-electron chi connectivity index (χ2n) is 8.23. The van der Waals surface area contributed by atoms with Crippen LogP contribution < -0.4 is 0 Å². The van der Waals surface area contributed by atoms with Gasteiger partial charge in [-0.05, 0) is 43.3 Å². The fourth-order valence-corrected chi connectivity index (χ4v) is 4.79. The molecule has 4 aromatic rings. The van der Waals surface area contributed by atoms with Crippen LogP contribution in [0.25, 0.3) is 21.7 Å². The lowest BCUT2D eigenvalue weighted by Gasteiger charge is -2.22. The van der Waals surface area contributed by atoms with Gasteiger partial charge in [-0.15, -0.1) is 0 Å². The summed E-state index contributed by atoms with van der Waals surface area (Å²) < 4.78 is 2.36. The highest BCUT2D eigenvalue weighted by atomic mass is 16.1. The van der Waals surface area contributed by atoms with E-state index in [0.29, 0.717) is 6.04 Å². The smallest absolute Gasteiger partial charge is 0.195 e. The van der Waals surface area contributed by atoms with Crippen molar-refractivity contribution in [3.63, 3.8) is 0 Å². The lowest BCUT2D eigenvalue weighted by atomic mass is 9.97. The molecule has 0 aliphatic carbocycles. The summed E-state index contributed by atoms with van der Waals surface area (Å²) in [5.41, 5.74) is 2.75. The molecule has 0 N–H and O–H groups in total. The molecule has 1 fully saturated rings. The molecule has 0 radical (unpaired) electrons. The molecule has 3 aromatic carbocycles. The number of hydrogen-bond donors (Lipinski definition) is 0. The average Bonchev–Trinajstić information content (AvgIpc) is 3.01. The first kappa shape index (κ1) is 18.1. The molecule has 1 atom stereocenters. The molecule has 0 saturated carbocycles. The molecule has 3 nitrogen and oxygen atoms in total. The minimum atomic E-state index is 0.110. The molecule has 0 spiro atoms. The van der Waals surface area contributed by atoms with Crippen LogP contribution in [0.2, 0.25) is 0 Å². The van der Waals surface area contributed by atoms with Gasteiger partial charge in [0.2, 0.25) is 0 Å². The van der Waals surface area contributed by atoms with Crippen molar-refractivity contribution in [1.82, 2.24) is 9.47 Å². The second-order valence-corrected chi connectivity index (χ2v) is 8.23. The summed E-state index contributed by atoms with van der Waals surface area (Å²) in [5, 5.41) is 3.18. The molecule has 1 aliphatic heterocycles. The van der Waals surface area contributed by atoms with Gasteiger partial charge in [-0.2, -0.15) is 0 Å². The SMILES string of the molecule is CN1CCCCC(n2cc(C(=O)c3cccc4ccccc34)c3ccccc32)C1. The quantitative estimate of drug-likeness (QED) is 0.426. The molecule has 1 saturated heterocycles. The van der Waals surface area contributed by atoms with Crippen LogP contribution >= 0.6 is 0 Å². The first-order chi connectivity index (χ1) is 14.2. The Bertz CT molecular complexity index is 1180. The standard InChI is InChI=1S/C26H26N2O/c1-27-16-7-6-11-20(17-27)28-18-24(22-13-4-5-15-25(22)28)26(29)23-14-8-10-19-9-2-3-12-21(19)23/h2-5,8-10,12-15,18,20H,6-7,11,16-17H2,1H3. The Labute approximate surface area is 171 Å². The normalized spacial score (nSPS) is 18.2. The third-order valence-electron chi connectivity index (χ3n) is 6.26. The fraction of sp³-hybridized carbons (Fsp3) is 0.269. The van der Waals surface area contributed by atoms with Crippen molar-refractivity contribution in [3.8, 4) is 0 Å². The Hall–Kier alpha value is -2.91. The van der Waals surface area contributed by atoms with Gasteiger partial charge in [-0.25, -0.2) is 0 Å². The molecule has 1 unspecified atom stereocenters. The van der Waals surface area contributed by atoms with E-state index in [0.717, 1.165) is 52.3 Å². The highest BCUT2D eigenvalue weighted by molar-refractivity contribution is 6.21. The largest absolute Gasteiger partial charge is 0.342 e. The zero-order valence-corrected chi connectivity index (χ0v) is 16.8. The van der Waals surface area contributed by atoms with Crippen molar-refractivity contribution in [2.24, 2.45) is 0 Å². The van der Waals surface area contributed by atoms with E-state index < -0.39 is 0 Å². The molecule has 1 aromatic heterocycles. The number of fused-ring (bicyclic) bond motifs is 2. The van der Waals surface area contributed by atoms with Gasteiger partial charge in [-0.1, -0.05) is 67.1 Å². The van der Waals surface area contributed by atoms with Crippen molar-refractivity contribution >= 4 is 27.5 Å². The highest BCUT2D eigenvalue weighted by Crippen LogP contribution is 2.31.